The molecule has 1 saturated heterocycles. The minimum atomic E-state index is -0.474. The van der Waals surface area contributed by atoms with Crippen molar-refractivity contribution in [3.63, 3.8) is 0 Å². The van der Waals surface area contributed by atoms with Crippen LogP contribution in [0.15, 0.2) is 22.7 Å². The van der Waals surface area contributed by atoms with E-state index in [1.807, 2.05) is 6.07 Å². The summed E-state index contributed by atoms with van der Waals surface area (Å²) in [6, 6.07) is 5.27. The van der Waals surface area contributed by atoms with Crippen molar-refractivity contribution in [3.05, 3.63) is 28.2 Å². The van der Waals surface area contributed by atoms with Crippen molar-refractivity contribution in [3.8, 4) is 0 Å². The molecule has 0 aliphatic carbocycles. The Balaban J connectivity index is 1.84. The number of hydrogen-bond donors (Lipinski definition) is 1. The number of aliphatic hydroxyl groups excluding tert-OH is 1. The van der Waals surface area contributed by atoms with Crippen LogP contribution in [0.1, 0.15) is 23.2 Å². The second-order valence-electron chi connectivity index (χ2n) is 5.19. The second kappa shape index (κ2) is 5.27. The summed E-state index contributed by atoms with van der Waals surface area (Å²) in [4.78, 5) is 27.7. The maximum atomic E-state index is 12.1. The molecule has 5 nitrogen and oxygen atoms in total. The lowest BCUT2D eigenvalue weighted by atomic mass is 10.1. The van der Waals surface area contributed by atoms with Crippen molar-refractivity contribution >= 4 is 33.3 Å². The number of aliphatic hydroxyl groups is 1. The van der Waals surface area contributed by atoms with Gasteiger partial charge in [-0.1, -0.05) is 6.07 Å². The van der Waals surface area contributed by atoms with Gasteiger partial charge < -0.3 is 5.11 Å². The van der Waals surface area contributed by atoms with Crippen molar-refractivity contribution in [2.24, 2.45) is 0 Å². The van der Waals surface area contributed by atoms with E-state index in [0.29, 0.717) is 30.8 Å². The van der Waals surface area contributed by atoms with Crippen molar-refractivity contribution in [1.82, 2.24) is 4.90 Å². The maximum absolute atomic E-state index is 12.1. The average Bonchev–Trinajstić information content (AvgIpc) is 2.68. The van der Waals surface area contributed by atoms with E-state index in [0.717, 1.165) is 17.6 Å². The van der Waals surface area contributed by atoms with E-state index in [1.165, 1.54) is 4.90 Å². The molecule has 0 spiro atoms. The van der Waals surface area contributed by atoms with Crippen molar-refractivity contribution in [2.45, 2.75) is 18.9 Å². The van der Waals surface area contributed by atoms with Gasteiger partial charge in [0, 0.05) is 17.6 Å². The quantitative estimate of drug-likeness (QED) is 0.828. The van der Waals surface area contributed by atoms with Crippen LogP contribution in [0.3, 0.4) is 0 Å². The third-order valence-electron chi connectivity index (χ3n) is 3.84. The lowest BCUT2D eigenvalue weighted by Gasteiger charge is -2.32. The molecule has 20 heavy (non-hydrogen) atoms. The molecule has 1 aromatic rings. The molecule has 1 N–H and O–H groups in total. The molecule has 0 saturated carbocycles. The van der Waals surface area contributed by atoms with Gasteiger partial charge >= 0.3 is 5.91 Å². The lowest BCUT2D eigenvalue weighted by molar-refractivity contribution is -0.114. The van der Waals surface area contributed by atoms with Crippen LogP contribution in [0.4, 0.5) is 5.69 Å². The van der Waals surface area contributed by atoms with Gasteiger partial charge in [0.15, 0.2) is 0 Å². The Morgan fingerprint density at radius 3 is 2.65 bits per heavy atom. The summed E-state index contributed by atoms with van der Waals surface area (Å²) in [7, 11) is 0. The van der Waals surface area contributed by atoms with Crippen molar-refractivity contribution < 1.29 is 14.7 Å². The van der Waals surface area contributed by atoms with Gasteiger partial charge in [0.1, 0.15) is 0 Å². The minimum absolute atomic E-state index is 0.249. The SMILES string of the molecule is O=C1C(=O)N(CN2CCC(O)CC2)c2c(Br)cccc21. The summed E-state index contributed by atoms with van der Waals surface area (Å²) in [5.74, 6) is -0.920. The molecule has 2 aliphatic heterocycles. The number of rotatable bonds is 2. The fourth-order valence-corrected chi connectivity index (χ4v) is 3.29. The van der Waals surface area contributed by atoms with Gasteiger partial charge in [-0.25, -0.2) is 0 Å². The number of amides is 1. The van der Waals surface area contributed by atoms with E-state index in [2.05, 4.69) is 20.8 Å². The third-order valence-corrected chi connectivity index (χ3v) is 4.48. The second-order valence-corrected chi connectivity index (χ2v) is 6.04. The van der Waals surface area contributed by atoms with Gasteiger partial charge in [0.2, 0.25) is 0 Å². The molecule has 0 radical (unpaired) electrons. The number of likely N-dealkylation sites (tertiary alicyclic amines) is 1. The Morgan fingerprint density at radius 2 is 1.95 bits per heavy atom. The summed E-state index contributed by atoms with van der Waals surface area (Å²) in [6.45, 7) is 1.87. The molecule has 1 fully saturated rings. The van der Waals surface area contributed by atoms with Crippen LogP contribution in [-0.4, -0.2) is 47.6 Å². The number of carbonyl (C=O) groups excluding carboxylic acids is 2. The van der Waals surface area contributed by atoms with Gasteiger partial charge in [0.25, 0.3) is 5.78 Å². The zero-order valence-electron chi connectivity index (χ0n) is 10.9. The molecule has 0 bridgehead atoms. The Hall–Kier alpha value is -1.24. The smallest absolute Gasteiger partial charge is 0.300 e. The first-order chi connectivity index (χ1) is 9.58. The molecule has 6 heteroatoms. The molecule has 106 valence electrons. The van der Waals surface area contributed by atoms with Crippen molar-refractivity contribution in [2.75, 3.05) is 24.7 Å². The van der Waals surface area contributed by atoms with E-state index >= 15 is 0 Å². The van der Waals surface area contributed by atoms with Crippen LogP contribution in [0, 0.1) is 0 Å². The first-order valence-electron chi connectivity index (χ1n) is 6.63. The number of carbonyl (C=O) groups is 2. The molecular weight excluding hydrogens is 324 g/mol. The van der Waals surface area contributed by atoms with Crippen LogP contribution < -0.4 is 4.90 Å². The van der Waals surface area contributed by atoms with Crippen LogP contribution in [0.2, 0.25) is 0 Å². The molecule has 2 heterocycles. The summed E-state index contributed by atoms with van der Waals surface area (Å²) in [5, 5.41) is 9.51. The van der Waals surface area contributed by atoms with Gasteiger partial charge in [-0.05, 0) is 40.9 Å². The fraction of sp³-hybridized carbons (Fsp3) is 0.429. The summed E-state index contributed by atoms with van der Waals surface area (Å²) >= 11 is 3.41. The minimum Gasteiger partial charge on any atom is -0.393 e. The normalized spacial score (nSPS) is 20.6. The largest absolute Gasteiger partial charge is 0.393 e. The Morgan fingerprint density at radius 1 is 1.25 bits per heavy atom. The van der Waals surface area contributed by atoms with Gasteiger partial charge in [0.05, 0.1) is 24.0 Å². The highest BCUT2D eigenvalue weighted by Gasteiger charge is 2.38. The predicted molar refractivity (Wildman–Crippen MR) is 77.6 cm³/mol. The standard InChI is InChI=1S/C14H15BrN2O3/c15-11-3-1-2-10-12(11)17(14(20)13(10)19)8-16-6-4-9(18)5-7-16/h1-3,9,18H,4-8H2. The van der Waals surface area contributed by atoms with Crippen LogP contribution in [0.5, 0.6) is 0 Å². The predicted octanol–water partition coefficient (Wildman–Crippen LogP) is 1.39. The van der Waals surface area contributed by atoms with Crippen LogP contribution in [0.25, 0.3) is 0 Å². The van der Waals surface area contributed by atoms with Crippen LogP contribution >= 0.6 is 15.9 Å². The molecule has 2 aliphatic rings. The first-order valence-corrected chi connectivity index (χ1v) is 7.42. The zero-order valence-corrected chi connectivity index (χ0v) is 12.5. The maximum Gasteiger partial charge on any atom is 0.300 e. The lowest BCUT2D eigenvalue weighted by Crippen LogP contribution is -2.45. The third kappa shape index (κ3) is 2.28. The molecule has 0 aromatic heterocycles. The van der Waals surface area contributed by atoms with Gasteiger partial charge in [-0.2, -0.15) is 0 Å². The number of hydrogen-bond acceptors (Lipinski definition) is 4. The highest BCUT2D eigenvalue weighted by molar-refractivity contribution is 9.10. The van der Waals surface area contributed by atoms with Gasteiger partial charge in [-0.3, -0.25) is 19.4 Å². The average molecular weight is 339 g/mol. The molecule has 0 unspecified atom stereocenters. The number of benzene rings is 1. The Labute approximate surface area is 125 Å². The van der Waals surface area contributed by atoms with Gasteiger partial charge in [-0.15, -0.1) is 0 Å². The number of para-hydroxylation sites is 1. The number of piperidine rings is 1. The van der Waals surface area contributed by atoms with E-state index < -0.39 is 11.7 Å². The Kier molecular flexibility index (Phi) is 3.62. The fourth-order valence-electron chi connectivity index (χ4n) is 2.71. The topological polar surface area (TPSA) is 60.9 Å². The van der Waals surface area contributed by atoms with Crippen LogP contribution in [-0.2, 0) is 4.79 Å². The van der Waals surface area contributed by atoms with E-state index in [1.54, 1.807) is 12.1 Å². The van der Waals surface area contributed by atoms with E-state index in [4.69, 9.17) is 0 Å². The molecule has 3 rings (SSSR count). The van der Waals surface area contributed by atoms with E-state index in [9.17, 15) is 14.7 Å². The number of nitrogens with zero attached hydrogens (tertiary/aromatic N) is 2. The number of anilines is 1. The Bertz CT molecular complexity index is 568. The monoisotopic (exact) mass is 338 g/mol. The number of Topliss-reactive ketones (excluding diaryl/α,β-unsaturated/α-hetero) is 1. The molecule has 0 atom stereocenters. The molecule has 1 amide bonds. The molecular formula is C14H15BrN2O3. The zero-order chi connectivity index (χ0) is 14.3. The van der Waals surface area contributed by atoms with E-state index in [-0.39, 0.29) is 6.10 Å². The molecule has 1 aromatic carbocycles. The highest BCUT2D eigenvalue weighted by Crippen LogP contribution is 2.36. The van der Waals surface area contributed by atoms with Crippen molar-refractivity contribution in [1.29, 1.82) is 0 Å². The number of halogens is 1. The summed E-state index contributed by atoms with van der Waals surface area (Å²) < 4.78 is 0.756. The highest BCUT2D eigenvalue weighted by atomic mass is 79.9. The number of fused-ring (bicyclic) bond motifs is 1. The summed E-state index contributed by atoms with van der Waals surface area (Å²) in [5.41, 5.74) is 1.12. The summed E-state index contributed by atoms with van der Waals surface area (Å²) in [6.07, 6.45) is 1.17. The number of ketones is 1. The first kappa shape index (κ1) is 13.7.